The van der Waals surface area contributed by atoms with E-state index in [9.17, 15) is 19.2 Å². The second-order valence-electron chi connectivity index (χ2n) is 4.50. The van der Waals surface area contributed by atoms with Gasteiger partial charge in [0.15, 0.2) is 0 Å². The van der Waals surface area contributed by atoms with Crippen LogP contribution in [0.5, 0.6) is 0 Å². The maximum Gasteiger partial charge on any atom is 0.317 e. The summed E-state index contributed by atoms with van der Waals surface area (Å²) in [6, 6.07) is -0.643. The van der Waals surface area contributed by atoms with Gasteiger partial charge >= 0.3 is 23.9 Å². The minimum atomic E-state index is -1.23. The van der Waals surface area contributed by atoms with Crippen molar-refractivity contribution < 1.29 is 56.7 Å². The van der Waals surface area contributed by atoms with Crippen LogP contribution >= 0.6 is 0 Å². The molecule has 0 saturated heterocycles. The number of hydrogen-bond donors (Lipinski definition) is 4. The normalized spacial score (nSPS) is 11.8. The molecular weight excluding hydrogens is 343 g/mol. The van der Waals surface area contributed by atoms with Crippen LogP contribution < -0.4 is 0 Å². The molecular formula is C11H18MnN2O8. The van der Waals surface area contributed by atoms with Crippen LogP contribution in [-0.2, 0) is 36.2 Å². The van der Waals surface area contributed by atoms with Gasteiger partial charge in [0.25, 0.3) is 0 Å². The van der Waals surface area contributed by atoms with Crippen LogP contribution in [0.1, 0.15) is 6.92 Å². The largest absolute Gasteiger partial charge is 0.480 e. The Morgan fingerprint density at radius 1 is 0.773 bits per heavy atom. The van der Waals surface area contributed by atoms with Gasteiger partial charge in [0.05, 0.1) is 26.2 Å². The first kappa shape index (κ1) is 22.6. The summed E-state index contributed by atoms with van der Waals surface area (Å²) in [4.78, 5) is 44.9. The maximum atomic E-state index is 10.7. The van der Waals surface area contributed by atoms with Crippen molar-refractivity contribution in [1.29, 1.82) is 0 Å². The van der Waals surface area contributed by atoms with E-state index in [0.29, 0.717) is 0 Å². The van der Waals surface area contributed by atoms with Crippen molar-refractivity contribution in [3.05, 3.63) is 0 Å². The fourth-order valence-corrected chi connectivity index (χ4v) is 1.77. The van der Waals surface area contributed by atoms with E-state index in [1.54, 1.807) is 0 Å². The van der Waals surface area contributed by atoms with Gasteiger partial charge in [-0.1, -0.05) is 0 Å². The van der Waals surface area contributed by atoms with E-state index in [1.807, 2.05) is 0 Å². The molecule has 0 fully saturated rings. The molecule has 127 valence electrons. The summed E-state index contributed by atoms with van der Waals surface area (Å²) in [5.41, 5.74) is 0. The summed E-state index contributed by atoms with van der Waals surface area (Å²) in [5, 5.41) is 34.9. The van der Waals surface area contributed by atoms with Gasteiger partial charge in [-0.15, -0.1) is 0 Å². The van der Waals surface area contributed by atoms with Crippen LogP contribution in [0.3, 0.4) is 0 Å². The van der Waals surface area contributed by atoms with Gasteiger partial charge in [0, 0.05) is 29.7 Å². The molecule has 22 heavy (non-hydrogen) atoms. The molecule has 0 aliphatic rings. The van der Waals surface area contributed by atoms with Crippen molar-refractivity contribution in [3.63, 3.8) is 0 Å². The van der Waals surface area contributed by atoms with Gasteiger partial charge < -0.3 is 20.4 Å². The van der Waals surface area contributed by atoms with Gasteiger partial charge in [0.1, 0.15) is 0 Å². The molecule has 0 rings (SSSR count). The predicted molar refractivity (Wildman–Crippen MR) is 68.0 cm³/mol. The fourth-order valence-electron chi connectivity index (χ4n) is 1.77. The molecule has 0 saturated carbocycles. The Morgan fingerprint density at radius 3 is 1.36 bits per heavy atom. The van der Waals surface area contributed by atoms with Crippen molar-refractivity contribution in [1.82, 2.24) is 9.80 Å². The molecule has 0 amide bonds. The third-order valence-electron chi connectivity index (χ3n) is 2.54. The fraction of sp³-hybridized carbons (Fsp3) is 0.636. The first-order valence-electron chi connectivity index (χ1n) is 5.95. The molecule has 0 bridgehead atoms. The third kappa shape index (κ3) is 11.0. The first-order chi connectivity index (χ1) is 9.61. The number of hydrogen-bond acceptors (Lipinski definition) is 6. The van der Waals surface area contributed by atoms with Crippen LogP contribution in [-0.4, -0.2) is 92.9 Å². The topological polar surface area (TPSA) is 156 Å². The average molecular weight is 361 g/mol. The van der Waals surface area contributed by atoms with Crippen molar-refractivity contribution in [2.75, 3.05) is 32.7 Å². The molecule has 4 N–H and O–H groups in total. The monoisotopic (exact) mass is 361 g/mol. The van der Waals surface area contributed by atoms with Crippen LogP contribution in [0.15, 0.2) is 0 Å². The van der Waals surface area contributed by atoms with E-state index in [2.05, 4.69) is 0 Å². The van der Waals surface area contributed by atoms with Crippen LogP contribution in [0.4, 0.5) is 0 Å². The molecule has 0 aromatic heterocycles. The third-order valence-corrected chi connectivity index (χ3v) is 2.54. The van der Waals surface area contributed by atoms with Crippen molar-refractivity contribution in [2.45, 2.75) is 13.0 Å². The Kier molecular flexibility index (Phi) is 11.3. The summed E-state index contributed by atoms with van der Waals surface area (Å²) in [5.74, 6) is -4.92. The van der Waals surface area contributed by atoms with E-state index < -0.39 is 56.1 Å². The summed E-state index contributed by atoms with van der Waals surface area (Å²) in [6.07, 6.45) is 0. The number of nitrogens with zero attached hydrogens (tertiary/aromatic N) is 2. The molecule has 11 heteroatoms. The average Bonchev–Trinajstić information content (AvgIpc) is 2.24. The zero-order valence-electron chi connectivity index (χ0n) is 11.8. The number of carboxylic acid groups (broad SMARTS) is 4. The van der Waals surface area contributed by atoms with Gasteiger partial charge in [-0.3, -0.25) is 29.0 Å². The Morgan fingerprint density at radius 2 is 1.09 bits per heavy atom. The van der Waals surface area contributed by atoms with Gasteiger partial charge in [-0.25, -0.2) is 0 Å². The Labute approximate surface area is 136 Å². The molecule has 1 atom stereocenters. The quantitative estimate of drug-likeness (QED) is 0.313. The zero-order chi connectivity index (χ0) is 16.6. The maximum absolute atomic E-state index is 10.7. The smallest absolute Gasteiger partial charge is 0.317 e. The second kappa shape index (κ2) is 11.0. The Hall–Kier alpha value is -1.68. The molecule has 0 spiro atoms. The Balaban J connectivity index is 0. The second-order valence-corrected chi connectivity index (χ2v) is 4.50. The summed E-state index contributed by atoms with van der Waals surface area (Å²) in [7, 11) is 0. The van der Waals surface area contributed by atoms with E-state index in [4.69, 9.17) is 20.4 Å². The van der Waals surface area contributed by atoms with E-state index >= 15 is 0 Å². The predicted octanol–water partition coefficient (Wildman–Crippen LogP) is -1.69. The van der Waals surface area contributed by atoms with Crippen molar-refractivity contribution in [3.8, 4) is 0 Å². The standard InChI is InChI=1S/C11H18N2O8.Mn/c1-7(13(5-10(18)19)6-11(20)21)2-12(3-8(14)15)4-9(16)17;/h7H,2-6H2,1H3,(H,14,15)(H,16,17)(H,18,19)(H,20,21);. The van der Waals surface area contributed by atoms with Gasteiger partial charge in [-0.05, 0) is 6.92 Å². The van der Waals surface area contributed by atoms with Crippen LogP contribution in [0, 0.1) is 0 Å². The van der Waals surface area contributed by atoms with Gasteiger partial charge in [0.2, 0.25) is 0 Å². The molecule has 0 aromatic carbocycles. The van der Waals surface area contributed by atoms with E-state index in [0.717, 1.165) is 9.80 Å². The minimum absolute atomic E-state index is 0. The molecule has 0 aromatic rings. The summed E-state index contributed by atoms with van der Waals surface area (Å²) in [6.45, 7) is -0.736. The summed E-state index contributed by atoms with van der Waals surface area (Å²) >= 11 is 0. The Bertz CT molecular complexity index is 385. The molecule has 0 aliphatic heterocycles. The van der Waals surface area contributed by atoms with Gasteiger partial charge in [-0.2, -0.15) is 0 Å². The number of rotatable bonds is 11. The molecule has 0 heterocycles. The minimum Gasteiger partial charge on any atom is -0.480 e. The molecule has 1 unspecified atom stereocenters. The number of carboxylic acids is 4. The molecule has 10 nitrogen and oxygen atoms in total. The zero-order valence-corrected chi connectivity index (χ0v) is 13.0. The molecule has 1 radical (unpaired) electrons. The van der Waals surface area contributed by atoms with Crippen molar-refractivity contribution in [2.24, 2.45) is 0 Å². The van der Waals surface area contributed by atoms with Crippen LogP contribution in [0.2, 0.25) is 0 Å². The number of carbonyl (C=O) groups is 4. The van der Waals surface area contributed by atoms with Crippen LogP contribution in [0.25, 0.3) is 0 Å². The van der Waals surface area contributed by atoms with E-state index in [-0.39, 0.29) is 23.6 Å². The summed E-state index contributed by atoms with van der Waals surface area (Å²) < 4.78 is 0. The SMILES string of the molecule is CC(CN(CC(=O)O)CC(=O)O)N(CC(=O)O)CC(=O)O.[Mn]. The van der Waals surface area contributed by atoms with Crippen molar-refractivity contribution >= 4 is 23.9 Å². The number of aliphatic carboxylic acids is 4. The first-order valence-corrected chi connectivity index (χ1v) is 5.95. The van der Waals surface area contributed by atoms with E-state index in [1.165, 1.54) is 6.92 Å². The molecule has 0 aliphatic carbocycles.